The molecular formula is C9H6Cl3NO. The summed E-state index contributed by atoms with van der Waals surface area (Å²) in [6, 6.07) is 3.18. The molecule has 0 amide bonds. The van der Waals surface area contributed by atoms with Crippen molar-refractivity contribution in [1.29, 1.82) is 0 Å². The van der Waals surface area contributed by atoms with E-state index in [1.54, 1.807) is 12.1 Å². The predicted molar refractivity (Wildman–Crippen MR) is 60.2 cm³/mol. The van der Waals surface area contributed by atoms with Gasteiger partial charge in [-0.3, -0.25) is 0 Å². The summed E-state index contributed by atoms with van der Waals surface area (Å²) in [7, 11) is 0. The smallest absolute Gasteiger partial charge is 0.136 e. The molecule has 74 valence electrons. The highest BCUT2D eigenvalue weighted by molar-refractivity contribution is 6.51. The maximum Gasteiger partial charge on any atom is 0.136 e. The van der Waals surface area contributed by atoms with Gasteiger partial charge in [-0.05, 0) is 18.2 Å². The van der Waals surface area contributed by atoms with Gasteiger partial charge in [-0.25, -0.2) is 0 Å². The Morgan fingerprint density at radius 2 is 2.00 bits per heavy atom. The van der Waals surface area contributed by atoms with E-state index in [2.05, 4.69) is 5.32 Å². The molecule has 0 radical (unpaired) electrons. The first-order valence-electron chi connectivity index (χ1n) is 3.89. The average Bonchev–Trinajstić information content (AvgIpc) is 2.12. The molecule has 0 spiro atoms. The van der Waals surface area contributed by atoms with E-state index in [0.29, 0.717) is 10.7 Å². The minimum absolute atomic E-state index is 0.00755. The van der Waals surface area contributed by atoms with Gasteiger partial charge in [0.05, 0.1) is 5.69 Å². The Kier molecular flexibility index (Phi) is 2.52. The predicted octanol–water partition coefficient (Wildman–Crippen LogP) is 3.62. The van der Waals surface area contributed by atoms with E-state index in [-0.39, 0.29) is 10.8 Å². The van der Waals surface area contributed by atoms with Gasteiger partial charge < -0.3 is 10.4 Å². The highest BCUT2D eigenvalue weighted by atomic mass is 35.5. The van der Waals surface area contributed by atoms with E-state index in [1.807, 2.05) is 0 Å². The summed E-state index contributed by atoms with van der Waals surface area (Å²) in [4.78, 5) is 0. The number of benzene rings is 1. The molecule has 5 heteroatoms. The van der Waals surface area contributed by atoms with Crippen LogP contribution in [0.5, 0.6) is 5.75 Å². The van der Waals surface area contributed by atoms with Crippen LogP contribution in [0.25, 0.3) is 5.03 Å². The molecule has 0 bridgehead atoms. The van der Waals surface area contributed by atoms with Crippen molar-refractivity contribution in [2.24, 2.45) is 0 Å². The van der Waals surface area contributed by atoms with Crippen LogP contribution in [0.2, 0.25) is 5.02 Å². The summed E-state index contributed by atoms with van der Waals surface area (Å²) in [6.07, 6.45) is 1.67. The van der Waals surface area contributed by atoms with Crippen molar-refractivity contribution in [3.05, 3.63) is 28.8 Å². The number of phenolic OH excluding ortho intramolecular Hbond substituents is 1. The van der Waals surface area contributed by atoms with Crippen LogP contribution in [-0.2, 0) is 0 Å². The Hall–Kier alpha value is -0.570. The maximum absolute atomic E-state index is 9.37. The molecule has 0 fully saturated rings. The summed E-state index contributed by atoms with van der Waals surface area (Å²) < 4.78 is 0. The minimum Gasteiger partial charge on any atom is -0.506 e. The Morgan fingerprint density at radius 3 is 2.71 bits per heavy atom. The van der Waals surface area contributed by atoms with Gasteiger partial charge in [-0.15, -0.1) is 0 Å². The van der Waals surface area contributed by atoms with Crippen molar-refractivity contribution in [3.8, 4) is 5.75 Å². The second kappa shape index (κ2) is 3.54. The number of phenols is 1. The number of nitrogens with one attached hydrogen (secondary N) is 1. The van der Waals surface area contributed by atoms with Crippen molar-refractivity contribution in [2.75, 3.05) is 5.32 Å². The number of rotatable bonds is 0. The lowest BCUT2D eigenvalue weighted by Gasteiger charge is -2.21. The molecule has 1 aliphatic rings. The zero-order valence-corrected chi connectivity index (χ0v) is 9.16. The fourth-order valence-corrected chi connectivity index (χ4v) is 2.11. The second-order valence-electron chi connectivity index (χ2n) is 2.88. The molecule has 0 saturated carbocycles. The topological polar surface area (TPSA) is 32.3 Å². The van der Waals surface area contributed by atoms with Crippen LogP contribution in [0.15, 0.2) is 18.2 Å². The highest BCUT2D eigenvalue weighted by Crippen LogP contribution is 2.41. The molecule has 1 heterocycles. The Labute approximate surface area is 96.1 Å². The van der Waals surface area contributed by atoms with E-state index in [4.69, 9.17) is 34.8 Å². The molecule has 2 N–H and O–H groups in total. The van der Waals surface area contributed by atoms with Crippen molar-refractivity contribution < 1.29 is 5.11 Å². The van der Waals surface area contributed by atoms with Gasteiger partial charge in [0.1, 0.15) is 16.3 Å². The molecule has 1 atom stereocenters. The SMILES string of the molecule is Oc1ccc2c(c1Cl)NC(Cl)C=C2Cl. The first-order chi connectivity index (χ1) is 6.59. The third-order valence-electron chi connectivity index (χ3n) is 1.95. The standard InChI is InChI=1S/C9H6Cl3NO/c10-5-3-7(11)13-9-4(5)1-2-6(14)8(9)12/h1-3,7,13-14H. The monoisotopic (exact) mass is 249 g/mol. The molecule has 1 aromatic carbocycles. The van der Waals surface area contributed by atoms with Gasteiger partial charge in [-0.2, -0.15) is 0 Å². The van der Waals surface area contributed by atoms with Crippen LogP contribution in [0.1, 0.15) is 5.56 Å². The number of hydrogen-bond donors (Lipinski definition) is 2. The lowest BCUT2D eigenvalue weighted by atomic mass is 10.1. The normalized spacial score (nSPS) is 19.6. The molecule has 0 aromatic heterocycles. The van der Waals surface area contributed by atoms with E-state index < -0.39 is 5.50 Å². The zero-order valence-electron chi connectivity index (χ0n) is 6.89. The Balaban J connectivity index is 2.63. The molecule has 0 saturated heterocycles. The van der Waals surface area contributed by atoms with E-state index in [9.17, 15) is 5.11 Å². The van der Waals surface area contributed by atoms with Crippen LogP contribution >= 0.6 is 34.8 Å². The van der Waals surface area contributed by atoms with Gasteiger partial charge in [0.2, 0.25) is 0 Å². The zero-order chi connectivity index (χ0) is 10.3. The Bertz CT molecular complexity index is 417. The number of aromatic hydroxyl groups is 1. The quantitative estimate of drug-likeness (QED) is 0.544. The molecular weight excluding hydrogens is 244 g/mol. The Morgan fingerprint density at radius 1 is 1.29 bits per heavy atom. The van der Waals surface area contributed by atoms with Crippen LogP contribution < -0.4 is 5.32 Å². The first kappa shape index (κ1) is 9.97. The van der Waals surface area contributed by atoms with E-state index in [1.165, 1.54) is 6.07 Å². The molecule has 2 rings (SSSR count). The third kappa shape index (κ3) is 1.54. The van der Waals surface area contributed by atoms with Gasteiger partial charge in [0, 0.05) is 10.6 Å². The maximum atomic E-state index is 9.37. The molecule has 14 heavy (non-hydrogen) atoms. The third-order valence-corrected chi connectivity index (χ3v) is 2.90. The van der Waals surface area contributed by atoms with Crippen molar-refractivity contribution in [1.82, 2.24) is 0 Å². The van der Waals surface area contributed by atoms with Gasteiger partial charge in [-0.1, -0.05) is 34.8 Å². The number of fused-ring (bicyclic) bond motifs is 1. The molecule has 1 aromatic rings. The highest BCUT2D eigenvalue weighted by Gasteiger charge is 2.20. The minimum atomic E-state index is -0.408. The number of hydrogen-bond acceptors (Lipinski definition) is 2. The van der Waals surface area contributed by atoms with Crippen molar-refractivity contribution in [3.63, 3.8) is 0 Å². The van der Waals surface area contributed by atoms with E-state index in [0.717, 1.165) is 5.56 Å². The fourth-order valence-electron chi connectivity index (χ4n) is 1.30. The average molecular weight is 251 g/mol. The largest absolute Gasteiger partial charge is 0.506 e. The van der Waals surface area contributed by atoms with Crippen molar-refractivity contribution >= 4 is 45.5 Å². The summed E-state index contributed by atoms with van der Waals surface area (Å²) >= 11 is 17.7. The summed E-state index contributed by atoms with van der Waals surface area (Å²) in [6.45, 7) is 0. The molecule has 0 aliphatic carbocycles. The molecule has 2 nitrogen and oxygen atoms in total. The molecule has 1 unspecified atom stereocenters. The van der Waals surface area contributed by atoms with Gasteiger partial charge >= 0.3 is 0 Å². The van der Waals surface area contributed by atoms with Crippen molar-refractivity contribution in [2.45, 2.75) is 5.50 Å². The summed E-state index contributed by atoms with van der Waals surface area (Å²) in [5.74, 6) is 0.00755. The first-order valence-corrected chi connectivity index (χ1v) is 5.08. The van der Waals surface area contributed by atoms with Crippen LogP contribution in [-0.4, -0.2) is 10.6 Å². The molecule has 1 aliphatic heterocycles. The lowest BCUT2D eigenvalue weighted by Crippen LogP contribution is -2.15. The van der Waals surface area contributed by atoms with Gasteiger partial charge in [0.15, 0.2) is 0 Å². The number of halogens is 3. The fraction of sp³-hybridized carbons (Fsp3) is 0.111. The lowest BCUT2D eigenvalue weighted by molar-refractivity contribution is 0.476. The number of alkyl halides is 1. The van der Waals surface area contributed by atoms with E-state index >= 15 is 0 Å². The summed E-state index contributed by atoms with van der Waals surface area (Å²) in [5, 5.41) is 13.0. The second-order valence-corrected chi connectivity index (χ2v) is 4.14. The van der Waals surface area contributed by atoms with Crippen LogP contribution in [0.3, 0.4) is 0 Å². The number of anilines is 1. The van der Waals surface area contributed by atoms with Crippen LogP contribution in [0.4, 0.5) is 5.69 Å². The van der Waals surface area contributed by atoms with Gasteiger partial charge in [0.25, 0.3) is 0 Å². The van der Waals surface area contributed by atoms with Crippen LogP contribution in [0, 0.1) is 0 Å². The summed E-state index contributed by atoms with van der Waals surface area (Å²) in [5.41, 5.74) is 0.903.